The molecule has 0 unspecified atom stereocenters. The number of benzene rings is 1. The molecule has 1 fully saturated rings. The highest BCUT2D eigenvalue weighted by atomic mass is 16.6. The van der Waals surface area contributed by atoms with Crippen LogP contribution in [0.5, 0.6) is 0 Å². The van der Waals surface area contributed by atoms with Crippen molar-refractivity contribution in [3.63, 3.8) is 0 Å². The first-order chi connectivity index (χ1) is 9.99. The van der Waals surface area contributed by atoms with E-state index in [-0.39, 0.29) is 22.9 Å². The Hall–Kier alpha value is -2.44. The van der Waals surface area contributed by atoms with Gasteiger partial charge in [-0.25, -0.2) is 4.79 Å². The quantitative estimate of drug-likeness (QED) is 0.654. The SMILES string of the molecule is O=C(O)c1cc([N+](=O)[O-])ccc1C(=O)NC1CCCCC1. The molecule has 1 aliphatic carbocycles. The maximum atomic E-state index is 12.2. The van der Waals surface area contributed by atoms with Crippen LogP contribution in [-0.4, -0.2) is 27.9 Å². The predicted molar refractivity (Wildman–Crippen MR) is 74.4 cm³/mol. The van der Waals surface area contributed by atoms with Gasteiger partial charge in [0, 0.05) is 18.2 Å². The zero-order valence-corrected chi connectivity index (χ0v) is 11.4. The summed E-state index contributed by atoms with van der Waals surface area (Å²) in [6.45, 7) is 0. The van der Waals surface area contributed by atoms with Crippen LogP contribution in [-0.2, 0) is 0 Å². The average molecular weight is 292 g/mol. The van der Waals surface area contributed by atoms with E-state index in [0.29, 0.717) is 0 Å². The molecule has 2 N–H and O–H groups in total. The van der Waals surface area contributed by atoms with Gasteiger partial charge in [0.2, 0.25) is 0 Å². The van der Waals surface area contributed by atoms with E-state index in [1.165, 1.54) is 6.07 Å². The average Bonchev–Trinajstić information content (AvgIpc) is 2.47. The van der Waals surface area contributed by atoms with Gasteiger partial charge in [0.05, 0.1) is 16.1 Å². The van der Waals surface area contributed by atoms with Crippen LogP contribution in [0.3, 0.4) is 0 Å². The molecule has 7 heteroatoms. The Morgan fingerprint density at radius 1 is 1.19 bits per heavy atom. The fourth-order valence-electron chi connectivity index (χ4n) is 2.53. The lowest BCUT2D eigenvalue weighted by molar-refractivity contribution is -0.384. The van der Waals surface area contributed by atoms with Gasteiger partial charge >= 0.3 is 5.97 Å². The minimum atomic E-state index is -1.35. The number of carboxylic acid groups (broad SMARTS) is 1. The summed E-state index contributed by atoms with van der Waals surface area (Å²) in [6, 6.07) is 3.29. The minimum absolute atomic E-state index is 0.0429. The third kappa shape index (κ3) is 3.56. The molecule has 7 nitrogen and oxygen atoms in total. The fourth-order valence-corrected chi connectivity index (χ4v) is 2.53. The van der Waals surface area contributed by atoms with Crippen molar-refractivity contribution in [3.8, 4) is 0 Å². The number of nitrogens with one attached hydrogen (secondary N) is 1. The number of hydrogen-bond acceptors (Lipinski definition) is 4. The van der Waals surface area contributed by atoms with Crippen molar-refractivity contribution in [2.45, 2.75) is 38.1 Å². The first-order valence-electron chi connectivity index (χ1n) is 6.81. The number of carbonyl (C=O) groups excluding carboxylic acids is 1. The number of carbonyl (C=O) groups is 2. The highest BCUT2D eigenvalue weighted by Crippen LogP contribution is 2.21. The van der Waals surface area contributed by atoms with Crippen LogP contribution in [0.4, 0.5) is 5.69 Å². The molecule has 0 aromatic heterocycles. The maximum absolute atomic E-state index is 12.2. The van der Waals surface area contributed by atoms with Gasteiger partial charge in [-0.15, -0.1) is 0 Å². The lowest BCUT2D eigenvalue weighted by atomic mass is 9.95. The van der Waals surface area contributed by atoms with E-state index in [1.807, 2.05) is 0 Å². The van der Waals surface area contributed by atoms with Gasteiger partial charge in [-0.1, -0.05) is 19.3 Å². The van der Waals surface area contributed by atoms with E-state index < -0.39 is 16.8 Å². The Balaban J connectivity index is 2.23. The van der Waals surface area contributed by atoms with Crippen LogP contribution in [0.1, 0.15) is 52.8 Å². The van der Waals surface area contributed by atoms with Gasteiger partial charge in [0.25, 0.3) is 11.6 Å². The molecule has 1 amide bonds. The summed E-state index contributed by atoms with van der Waals surface area (Å²) >= 11 is 0. The molecule has 1 aliphatic rings. The zero-order chi connectivity index (χ0) is 15.4. The molecular weight excluding hydrogens is 276 g/mol. The molecule has 0 saturated heterocycles. The lowest BCUT2D eigenvalue weighted by Crippen LogP contribution is -2.36. The van der Waals surface area contributed by atoms with E-state index >= 15 is 0 Å². The topological polar surface area (TPSA) is 110 Å². The molecule has 0 bridgehead atoms. The van der Waals surface area contributed by atoms with E-state index in [9.17, 15) is 19.7 Å². The number of nitro benzene ring substituents is 1. The molecule has 1 aromatic carbocycles. The van der Waals surface area contributed by atoms with Crippen molar-refractivity contribution in [3.05, 3.63) is 39.4 Å². The van der Waals surface area contributed by atoms with Crippen molar-refractivity contribution < 1.29 is 19.6 Å². The normalized spacial score (nSPS) is 15.4. The first-order valence-corrected chi connectivity index (χ1v) is 6.81. The summed E-state index contributed by atoms with van der Waals surface area (Å²) in [5.41, 5.74) is -0.738. The van der Waals surface area contributed by atoms with Gasteiger partial charge in [-0.2, -0.15) is 0 Å². The number of aromatic carboxylic acids is 1. The molecule has 0 aliphatic heterocycles. The van der Waals surface area contributed by atoms with Crippen molar-refractivity contribution in [1.82, 2.24) is 5.32 Å². The van der Waals surface area contributed by atoms with Crippen LogP contribution in [0.2, 0.25) is 0 Å². The summed E-state index contributed by atoms with van der Waals surface area (Å²) in [5.74, 6) is -1.85. The second kappa shape index (κ2) is 6.34. The summed E-state index contributed by atoms with van der Waals surface area (Å²) in [4.78, 5) is 33.4. The van der Waals surface area contributed by atoms with E-state index in [4.69, 9.17) is 5.11 Å². The number of nitro groups is 1. The predicted octanol–water partition coefficient (Wildman–Crippen LogP) is 2.36. The van der Waals surface area contributed by atoms with Gasteiger partial charge in [-0.05, 0) is 18.9 Å². The van der Waals surface area contributed by atoms with E-state index in [2.05, 4.69) is 5.32 Å². The lowest BCUT2D eigenvalue weighted by Gasteiger charge is -2.23. The third-order valence-corrected chi connectivity index (χ3v) is 3.63. The molecular formula is C14H16N2O5. The van der Waals surface area contributed by atoms with Gasteiger partial charge in [0.15, 0.2) is 0 Å². The summed E-state index contributed by atoms with van der Waals surface area (Å²) < 4.78 is 0. The van der Waals surface area contributed by atoms with Crippen LogP contribution >= 0.6 is 0 Å². The minimum Gasteiger partial charge on any atom is -0.478 e. The molecule has 21 heavy (non-hydrogen) atoms. The highest BCUT2D eigenvalue weighted by Gasteiger charge is 2.23. The standard InChI is InChI=1S/C14H16N2O5/c17-13(15-9-4-2-1-3-5-9)11-7-6-10(16(20)21)8-12(11)14(18)19/h6-9H,1-5H2,(H,15,17)(H,18,19). The molecule has 1 aromatic rings. The molecule has 112 valence electrons. The van der Waals surface area contributed by atoms with Gasteiger partial charge in [0.1, 0.15) is 0 Å². The van der Waals surface area contributed by atoms with Crippen molar-refractivity contribution in [1.29, 1.82) is 0 Å². The molecule has 0 spiro atoms. The first kappa shape index (κ1) is 15.0. The van der Waals surface area contributed by atoms with Crippen LogP contribution < -0.4 is 5.32 Å². The largest absolute Gasteiger partial charge is 0.478 e. The molecule has 0 radical (unpaired) electrons. The van der Waals surface area contributed by atoms with Crippen LogP contribution in [0.25, 0.3) is 0 Å². The molecule has 0 heterocycles. The van der Waals surface area contributed by atoms with E-state index in [0.717, 1.165) is 44.2 Å². The zero-order valence-electron chi connectivity index (χ0n) is 11.4. The van der Waals surface area contributed by atoms with E-state index in [1.54, 1.807) is 0 Å². The Morgan fingerprint density at radius 3 is 2.43 bits per heavy atom. The monoisotopic (exact) mass is 292 g/mol. The summed E-state index contributed by atoms with van der Waals surface area (Å²) in [6.07, 6.45) is 4.97. The molecule has 1 saturated carbocycles. The molecule has 2 rings (SSSR count). The number of amides is 1. The summed E-state index contributed by atoms with van der Waals surface area (Å²) in [5, 5.41) is 22.6. The number of non-ortho nitro benzene ring substituents is 1. The van der Waals surface area contributed by atoms with Gasteiger partial charge < -0.3 is 10.4 Å². The van der Waals surface area contributed by atoms with Crippen molar-refractivity contribution >= 4 is 17.6 Å². The Kier molecular flexibility index (Phi) is 4.52. The third-order valence-electron chi connectivity index (χ3n) is 3.63. The van der Waals surface area contributed by atoms with Crippen LogP contribution in [0.15, 0.2) is 18.2 Å². The Morgan fingerprint density at radius 2 is 1.86 bits per heavy atom. The van der Waals surface area contributed by atoms with Crippen molar-refractivity contribution in [2.75, 3.05) is 0 Å². The smallest absolute Gasteiger partial charge is 0.336 e. The molecule has 0 atom stereocenters. The van der Waals surface area contributed by atoms with Gasteiger partial charge in [-0.3, -0.25) is 14.9 Å². The maximum Gasteiger partial charge on any atom is 0.336 e. The summed E-state index contributed by atoms with van der Waals surface area (Å²) in [7, 11) is 0. The number of hydrogen-bond donors (Lipinski definition) is 2. The highest BCUT2D eigenvalue weighted by molar-refractivity contribution is 6.05. The number of nitrogens with zero attached hydrogens (tertiary/aromatic N) is 1. The Labute approximate surface area is 121 Å². The number of carboxylic acids is 1. The second-order valence-electron chi connectivity index (χ2n) is 5.10. The number of rotatable bonds is 4. The fraction of sp³-hybridized carbons (Fsp3) is 0.429. The Bertz CT molecular complexity index is 579. The van der Waals surface area contributed by atoms with Crippen molar-refractivity contribution in [2.24, 2.45) is 0 Å². The van der Waals surface area contributed by atoms with Crippen LogP contribution in [0, 0.1) is 10.1 Å². The second-order valence-corrected chi connectivity index (χ2v) is 5.10.